The lowest BCUT2D eigenvalue weighted by Gasteiger charge is -2.08. The second-order valence-corrected chi connectivity index (χ2v) is 6.32. The van der Waals surface area contributed by atoms with Crippen LogP contribution in [-0.4, -0.2) is 17.4 Å². The van der Waals surface area contributed by atoms with Crippen molar-refractivity contribution in [3.05, 3.63) is 69.3 Å². The molecule has 1 aliphatic rings. The highest BCUT2D eigenvalue weighted by Crippen LogP contribution is 2.17. The number of non-ortho nitro benzene ring substituents is 1. The van der Waals surface area contributed by atoms with Crippen molar-refractivity contribution in [2.24, 2.45) is 0 Å². The predicted molar refractivity (Wildman–Crippen MR) is 99.7 cm³/mol. The lowest BCUT2D eigenvalue weighted by atomic mass is 10.1. The number of nitro benzene ring substituents is 1. The van der Waals surface area contributed by atoms with Crippen LogP contribution in [0.1, 0.15) is 29.5 Å². The van der Waals surface area contributed by atoms with Crippen molar-refractivity contribution >= 4 is 17.3 Å². The Hall–Kier alpha value is -2.93. The number of nitrogens with zero attached hydrogens (tertiary/aromatic N) is 1. The average Bonchev–Trinajstić information content (AvgIpc) is 3.11. The summed E-state index contributed by atoms with van der Waals surface area (Å²) < 4.78 is 0. The fourth-order valence-corrected chi connectivity index (χ4v) is 2.93. The summed E-state index contributed by atoms with van der Waals surface area (Å²) in [5, 5.41) is 20.0. The van der Waals surface area contributed by atoms with Crippen LogP contribution in [0.25, 0.3) is 0 Å². The minimum Gasteiger partial charge on any atom is -0.385 e. The molecule has 7 heteroatoms. The molecule has 0 aromatic heterocycles. The highest BCUT2D eigenvalue weighted by molar-refractivity contribution is 5.75. The summed E-state index contributed by atoms with van der Waals surface area (Å²) in [5.41, 5.74) is 4.63. The van der Waals surface area contributed by atoms with Crippen LogP contribution in [0.3, 0.4) is 0 Å². The standard InChI is InChI=1S/C19H22N4O3/c24-19(22-11-14-3-4-15-12-20-13-16(15)10-14)2-1-9-21-17-5-7-18(8-6-17)23(25)26/h3-8,10,20-21H,1-2,9,11-13H2,(H,22,24). The summed E-state index contributed by atoms with van der Waals surface area (Å²) in [6.45, 7) is 2.99. The first kappa shape index (κ1) is 17.9. The van der Waals surface area contributed by atoms with E-state index in [9.17, 15) is 14.9 Å². The molecule has 2 aromatic rings. The smallest absolute Gasteiger partial charge is 0.269 e. The molecule has 0 radical (unpaired) electrons. The molecule has 26 heavy (non-hydrogen) atoms. The Morgan fingerprint density at radius 1 is 1.12 bits per heavy atom. The van der Waals surface area contributed by atoms with E-state index in [0.717, 1.165) is 24.3 Å². The number of hydrogen-bond acceptors (Lipinski definition) is 5. The van der Waals surface area contributed by atoms with Crippen molar-refractivity contribution in [3.63, 3.8) is 0 Å². The molecule has 136 valence electrons. The quantitative estimate of drug-likeness (QED) is 0.385. The van der Waals surface area contributed by atoms with Gasteiger partial charge in [-0.15, -0.1) is 0 Å². The van der Waals surface area contributed by atoms with Crippen LogP contribution in [0.2, 0.25) is 0 Å². The van der Waals surface area contributed by atoms with Crippen LogP contribution in [0, 0.1) is 10.1 Å². The van der Waals surface area contributed by atoms with Gasteiger partial charge in [-0.3, -0.25) is 14.9 Å². The number of rotatable bonds is 8. The van der Waals surface area contributed by atoms with Gasteiger partial charge in [-0.05, 0) is 35.2 Å². The molecule has 0 saturated carbocycles. The van der Waals surface area contributed by atoms with E-state index in [1.807, 2.05) is 0 Å². The third-order valence-electron chi connectivity index (χ3n) is 4.38. The Bertz CT molecular complexity index is 790. The van der Waals surface area contributed by atoms with E-state index >= 15 is 0 Å². The maximum atomic E-state index is 12.0. The van der Waals surface area contributed by atoms with Crippen molar-refractivity contribution in [3.8, 4) is 0 Å². The first-order valence-electron chi connectivity index (χ1n) is 8.68. The Labute approximate surface area is 152 Å². The Balaban J connectivity index is 1.34. The fraction of sp³-hybridized carbons (Fsp3) is 0.316. The van der Waals surface area contributed by atoms with Gasteiger partial charge in [0.1, 0.15) is 0 Å². The van der Waals surface area contributed by atoms with Crippen molar-refractivity contribution < 1.29 is 9.72 Å². The van der Waals surface area contributed by atoms with Crippen LogP contribution in [-0.2, 0) is 24.4 Å². The monoisotopic (exact) mass is 354 g/mol. The number of carbonyl (C=O) groups is 1. The molecule has 0 saturated heterocycles. The van der Waals surface area contributed by atoms with E-state index in [1.165, 1.54) is 23.3 Å². The van der Waals surface area contributed by atoms with E-state index in [1.54, 1.807) is 12.1 Å². The molecule has 0 spiro atoms. The molecular weight excluding hydrogens is 332 g/mol. The van der Waals surface area contributed by atoms with Gasteiger partial charge in [0.05, 0.1) is 4.92 Å². The number of fused-ring (bicyclic) bond motifs is 1. The van der Waals surface area contributed by atoms with Gasteiger partial charge in [-0.25, -0.2) is 0 Å². The zero-order valence-corrected chi connectivity index (χ0v) is 14.5. The van der Waals surface area contributed by atoms with E-state index in [0.29, 0.717) is 25.9 Å². The summed E-state index contributed by atoms with van der Waals surface area (Å²) in [5.74, 6) is 0.0223. The maximum absolute atomic E-state index is 12.0. The van der Waals surface area contributed by atoms with Gasteiger partial charge in [0, 0.05) is 50.4 Å². The summed E-state index contributed by atoms with van der Waals surface area (Å²) in [6, 6.07) is 12.6. The van der Waals surface area contributed by atoms with Crippen LogP contribution in [0.15, 0.2) is 42.5 Å². The van der Waals surface area contributed by atoms with Crippen molar-refractivity contribution in [2.75, 3.05) is 11.9 Å². The van der Waals surface area contributed by atoms with Gasteiger partial charge in [0.15, 0.2) is 0 Å². The molecule has 0 aliphatic carbocycles. The second kappa shape index (κ2) is 8.44. The summed E-state index contributed by atoms with van der Waals surface area (Å²) >= 11 is 0. The summed E-state index contributed by atoms with van der Waals surface area (Å²) in [4.78, 5) is 22.1. The number of nitrogens with one attached hydrogen (secondary N) is 3. The predicted octanol–water partition coefficient (Wildman–Crippen LogP) is 2.71. The number of amides is 1. The zero-order valence-electron chi connectivity index (χ0n) is 14.5. The molecule has 2 aromatic carbocycles. The highest BCUT2D eigenvalue weighted by Gasteiger charge is 2.10. The molecule has 7 nitrogen and oxygen atoms in total. The van der Waals surface area contributed by atoms with E-state index in [2.05, 4.69) is 34.1 Å². The molecular formula is C19H22N4O3. The van der Waals surface area contributed by atoms with Gasteiger partial charge in [-0.1, -0.05) is 18.2 Å². The third-order valence-corrected chi connectivity index (χ3v) is 4.38. The minimum absolute atomic E-state index is 0.0223. The van der Waals surface area contributed by atoms with Crippen LogP contribution in [0.4, 0.5) is 11.4 Å². The Morgan fingerprint density at radius 3 is 2.65 bits per heavy atom. The number of nitro groups is 1. The van der Waals surface area contributed by atoms with Crippen molar-refractivity contribution in [1.82, 2.24) is 10.6 Å². The van der Waals surface area contributed by atoms with E-state index in [4.69, 9.17) is 0 Å². The molecule has 1 heterocycles. The molecule has 1 amide bonds. The SMILES string of the molecule is O=C(CCCNc1ccc([N+](=O)[O-])cc1)NCc1ccc2c(c1)CNC2. The lowest BCUT2D eigenvalue weighted by molar-refractivity contribution is -0.384. The number of benzene rings is 2. The van der Waals surface area contributed by atoms with E-state index < -0.39 is 4.92 Å². The molecule has 1 aliphatic heterocycles. The van der Waals surface area contributed by atoms with Gasteiger partial charge in [0.2, 0.25) is 5.91 Å². The minimum atomic E-state index is -0.425. The van der Waals surface area contributed by atoms with E-state index in [-0.39, 0.29) is 11.6 Å². The summed E-state index contributed by atoms with van der Waals surface area (Å²) in [7, 11) is 0. The molecule has 0 unspecified atom stereocenters. The van der Waals surface area contributed by atoms with Gasteiger partial charge < -0.3 is 16.0 Å². The molecule has 3 rings (SSSR count). The van der Waals surface area contributed by atoms with Crippen molar-refractivity contribution in [1.29, 1.82) is 0 Å². The first-order chi connectivity index (χ1) is 12.6. The normalized spacial score (nSPS) is 12.5. The third kappa shape index (κ3) is 4.80. The van der Waals surface area contributed by atoms with Gasteiger partial charge in [-0.2, -0.15) is 0 Å². The number of anilines is 1. The fourth-order valence-electron chi connectivity index (χ4n) is 2.93. The van der Waals surface area contributed by atoms with Crippen LogP contribution < -0.4 is 16.0 Å². The maximum Gasteiger partial charge on any atom is 0.269 e. The summed E-state index contributed by atoms with van der Waals surface area (Å²) in [6.07, 6.45) is 1.13. The molecule has 0 atom stereocenters. The topological polar surface area (TPSA) is 96.3 Å². The molecule has 3 N–H and O–H groups in total. The largest absolute Gasteiger partial charge is 0.385 e. The van der Waals surface area contributed by atoms with Gasteiger partial charge >= 0.3 is 0 Å². The average molecular weight is 354 g/mol. The van der Waals surface area contributed by atoms with Crippen LogP contribution >= 0.6 is 0 Å². The molecule has 0 bridgehead atoms. The second-order valence-electron chi connectivity index (χ2n) is 6.32. The Kier molecular flexibility index (Phi) is 5.80. The van der Waals surface area contributed by atoms with Crippen molar-refractivity contribution in [2.45, 2.75) is 32.5 Å². The molecule has 0 fully saturated rings. The zero-order chi connectivity index (χ0) is 18.4. The number of carbonyl (C=O) groups excluding carboxylic acids is 1. The highest BCUT2D eigenvalue weighted by atomic mass is 16.6. The lowest BCUT2D eigenvalue weighted by Crippen LogP contribution is -2.23. The first-order valence-corrected chi connectivity index (χ1v) is 8.68. The van der Waals surface area contributed by atoms with Gasteiger partial charge in [0.25, 0.3) is 5.69 Å². The number of hydrogen-bond donors (Lipinski definition) is 3. The van der Waals surface area contributed by atoms with Crippen LogP contribution in [0.5, 0.6) is 0 Å². The Morgan fingerprint density at radius 2 is 1.88 bits per heavy atom.